The van der Waals surface area contributed by atoms with Gasteiger partial charge in [0, 0.05) is 5.56 Å². The molecule has 2 aromatic carbocycles. The van der Waals surface area contributed by atoms with E-state index in [-0.39, 0.29) is 5.97 Å². The number of ether oxygens (including phenoxy) is 1. The Labute approximate surface area is 208 Å². The van der Waals surface area contributed by atoms with Gasteiger partial charge in [-0.25, -0.2) is 4.79 Å². The molecule has 0 amide bonds. The van der Waals surface area contributed by atoms with E-state index in [4.69, 9.17) is 16.2 Å². The Hall–Kier alpha value is -3.21. The van der Waals surface area contributed by atoms with Gasteiger partial charge < -0.3 is 16.2 Å². The lowest BCUT2D eigenvalue weighted by molar-refractivity contribution is 0.0601. The number of rotatable bonds is 3. The van der Waals surface area contributed by atoms with Gasteiger partial charge in [0.15, 0.2) is 0 Å². The van der Waals surface area contributed by atoms with E-state index < -0.39 is 16.5 Å². The van der Waals surface area contributed by atoms with Crippen molar-refractivity contribution in [1.82, 2.24) is 0 Å². The van der Waals surface area contributed by atoms with Gasteiger partial charge in [-0.15, -0.1) is 0 Å². The second kappa shape index (κ2) is 7.91. The van der Waals surface area contributed by atoms with Gasteiger partial charge in [0.1, 0.15) is 0 Å². The topological polar surface area (TPSA) is 78.3 Å². The molecule has 4 heteroatoms. The Morgan fingerprint density at radius 2 is 1.34 bits per heavy atom. The van der Waals surface area contributed by atoms with Gasteiger partial charge in [-0.1, -0.05) is 83.0 Å². The van der Waals surface area contributed by atoms with E-state index in [0.717, 1.165) is 33.4 Å². The average molecular weight is 467 g/mol. The number of carbonyl (C=O) groups is 1. The SMILES string of the molecule is COC(=O)c1cccc2c1-c1ccccc1C2(C1(N)C=C(C)C=C(C)C1)C1(N)C=C(C)C=C(C)C1. The molecule has 2 unspecified atom stereocenters. The molecule has 0 fully saturated rings. The van der Waals surface area contributed by atoms with Crippen molar-refractivity contribution in [2.24, 2.45) is 11.5 Å². The van der Waals surface area contributed by atoms with Crippen molar-refractivity contribution in [2.75, 3.05) is 7.11 Å². The number of benzene rings is 2. The molecule has 3 aliphatic rings. The second-order valence-corrected chi connectivity index (χ2v) is 10.7. The van der Waals surface area contributed by atoms with Crippen molar-refractivity contribution in [3.63, 3.8) is 0 Å². The van der Waals surface area contributed by atoms with E-state index in [2.05, 4.69) is 70.2 Å². The van der Waals surface area contributed by atoms with Crippen LogP contribution in [0.5, 0.6) is 0 Å². The third-order valence-corrected chi connectivity index (χ3v) is 7.93. The molecule has 3 aliphatic carbocycles. The maximum atomic E-state index is 13.0. The first-order chi connectivity index (χ1) is 16.6. The zero-order valence-corrected chi connectivity index (χ0v) is 21.2. The zero-order chi connectivity index (χ0) is 25.2. The lowest BCUT2D eigenvalue weighted by Crippen LogP contribution is -2.71. The number of allylic oxidation sites excluding steroid dienone is 4. The number of carbonyl (C=O) groups excluding carboxylic acids is 1. The van der Waals surface area contributed by atoms with Gasteiger partial charge in [-0.05, 0) is 63.3 Å². The molecule has 0 saturated carbocycles. The van der Waals surface area contributed by atoms with Crippen molar-refractivity contribution in [2.45, 2.75) is 57.0 Å². The fourth-order valence-corrected chi connectivity index (χ4v) is 7.33. The maximum absolute atomic E-state index is 13.0. The summed E-state index contributed by atoms with van der Waals surface area (Å²) in [5.74, 6) is -0.359. The zero-order valence-electron chi connectivity index (χ0n) is 21.2. The molecule has 0 spiro atoms. The Balaban J connectivity index is 1.98. The van der Waals surface area contributed by atoms with E-state index in [1.54, 1.807) is 0 Å². The Morgan fingerprint density at radius 3 is 1.89 bits per heavy atom. The highest BCUT2D eigenvalue weighted by atomic mass is 16.5. The molecule has 2 aromatic rings. The first-order valence-electron chi connectivity index (χ1n) is 12.2. The summed E-state index contributed by atoms with van der Waals surface area (Å²) in [5.41, 5.74) is 21.9. The van der Waals surface area contributed by atoms with Crippen LogP contribution in [0.4, 0.5) is 0 Å². The maximum Gasteiger partial charge on any atom is 0.338 e. The molecule has 35 heavy (non-hydrogen) atoms. The van der Waals surface area contributed by atoms with Crippen LogP contribution in [0.3, 0.4) is 0 Å². The smallest absolute Gasteiger partial charge is 0.338 e. The van der Waals surface area contributed by atoms with Crippen LogP contribution >= 0.6 is 0 Å². The third kappa shape index (κ3) is 3.17. The monoisotopic (exact) mass is 466 g/mol. The minimum absolute atomic E-state index is 0.359. The largest absolute Gasteiger partial charge is 0.465 e. The molecular weight excluding hydrogens is 432 g/mol. The third-order valence-electron chi connectivity index (χ3n) is 7.93. The fraction of sp³-hybridized carbons (Fsp3) is 0.323. The van der Waals surface area contributed by atoms with E-state index in [9.17, 15) is 4.79 Å². The van der Waals surface area contributed by atoms with Crippen molar-refractivity contribution in [3.8, 4) is 11.1 Å². The summed E-state index contributed by atoms with van der Waals surface area (Å²) in [5, 5.41) is 0. The second-order valence-electron chi connectivity index (χ2n) is 10.7. The van der Waals surface area contributed by atoms with Gasteiger partial charge in [-0.3, -0.25) is 0 Å². The minimum atomic E-state index is -0.824. The number of hydrogen-bond acceptors (Lipinski definition) is 4. The van der Waals surface area contributed by atoms with E-state index in [1.165, 1.54) is 18.3 Å². The van der Waals surface area contributed by atoms with Crippen LogP contribution < -0.4 is 11.5 Å². The van der Waals surface area contributed by atoms with Crippen molar-refractivity contribution < 1.29 is 9.53 Å². The highest BCUT2D eigenvalue weighted by molar-refractivity contribution is 6.02. The van der Waals surface area contributed by atoms with Gasteiger partial charge in [0.25, 0.3) is 0 Å². The van der Waals surface area contributed by atoms with Crippen LogP contribution in [0.15, 0.2) is 89.1 Å². The highest BCUT2D eigenvalue weighted by Crippen LogP contribution is 2.62. The Kier molecular flexibility index (Phi) is 5.31. The molecule has 0 aliphatic heterocycles. The number of methoxy groups -OCH3 is 1. The first kappa shape index (κ1) is 23.5. The van der Waals surface area contributed by atoms with Gasteiger partial charge in [0.2, 0.25) is 0 Å². The molecule has 2 atom stereocenters. The molecule has 0 bridgehead atoms. The number of esters is 1. The molecule has 0 radical (unpaired) electrons. The van der Waals surface area contributed by atoms with E-state index in [0.29, 0.717) is 18.4 Å². The molecular formula is C31H34N2O2. The lowest BCUT2D eigenvalue weighted by atomic mass is 9.49. The first-order valence-corrected chi connectivity index (χ1v) is 12.2. The van der Waals surface area contributed by atoms with E-state index >= 15 is 0 Å². The van der Waals surface area contributed by atoms with Gasteiger partial charge in [0.05, 0.1) is 29.2 Å². The Bertz CT molecular complexity index is 1330. The molecule has 4 nitrogen and oxygen atoms in total. The van der Waals surface area contributed by atoms with Crippen molar-refractivity contribution in [3.05, 3.63) is 106 Å². The highest BCUT2D eigenvalue weighted by Gasteiger charge is 2.65. The van der Waals surface area contributed by atoms with Crippen LogP contribution in [0.2, 0.25) is 0 Å². The quantitative estimate of drug-likeness (QED) is 0.567. The molecule has 5 rings (SSSR count). The number of hydrogen-bond donors (Lipinski definition) is 2. The fourth-order valence-electron chi connectivity index (χ4n) is 7.33. The number of nitrogens with two attached hydrogens (primary N) is 2. The standard InChI is InChI=1S/C31H34N2O2/c1-19-13-20(2)16-29(32,15-19)31(30(33)17-21(3)14-22(4)18-30)25-11-7-6-9-23(25)27-24(28(34)35-5)10-8-12-26(27)31/h6-15,17H,16,18,32-33H2,1-5H3. The van der Waals surface area contributed by atoms with Crippen LogP contribution in [-0.2, 0) is 10.2 Å². The normalized spacial score (nSPS) is 29.3. The molecule has 4 N–H and O–H groups in total. The average Bonchev–Trinajstić information content (AvgIpc) is 3.09. The molecule has 180 valence electrons. The summed E-state index contributed by atoms with van der Waals surface area (Å²) in [6.45, 7) is 8.46. The van der Waals surface area contributed by atoms with Crippen molar-refractivity contribution in [1.29, 1.82) is 0 Å². The van der Waals surface area contributed by atoms with E-state index in [1.807, 2.05) is 24.3 Å². The summed E-state index contributed by atoms with van der Waals surface area (Å²) in [6, 6.07) is 14.2. The summed E-state index contributed by atoms with van der Waals surface area (Å²) < 4.78 is 5.21. The number of fused-ring (bicyclic) bond motifs is 3. The van der Waals surface area contributed by atoms with Crippen molar-refractivity contribution >= 4 is 5.97 Å². The van der Waals surface area contributed by atoms with Crippen LogP contribution in [0, 0.1) is 0 Å². The predicted octanol–water partition coefficient (Wildman–Crippen LogP) is 5.73. The van der Waals surface area contributed by atoms with Gasteiger partial charge >= 0.3 is 5.97 Å². The summed E-state index contributed by atoms with van der Waals surface area (Å²) >= 11 is 0. The van der Waals surface area contributed by atoms with Crippen LogP contribution in [0.25, 0.3) is 11.1 Å². The van der Waals surface area contributed by atoms with Gasteiger partial charge in [-0.2, -0.15) is 0 Å². The molecule has 0 saturated heterocycles. The molecule has 0 heterocycles. The molecule has 0 aromatic heterocycles. The van der Waals surface area contributed by atoms with Crippen LogP contribution in [0.1, 0.15) is 62.0 Å². The summed E-state index contributed by atoms with van der Waals surface area (Å²) in [4.78, 5) is 13.0. The lowest BCUT2D eigenvalue weighted by Gasteiger charge is -2.57. The minimum Gasteiger partial charge on any atom is -0.465 e. The Morgan fingerprint density at radius 1 is 0.800 bits per heavy atom. The summed E-state index contributed by atoms with van der Waals surface area (Å²) in [7, 11) is 1.42. The summed E-state index contributed by atoms with van der Waals surface area (Å²) in [6.07, 6.45) is 10.1. The predicted molar refractivity (Wildman–Crippen MR) is 142 cm³/mol. The van der Waals surface area contributed by atoms with Crippen LogP contribution in [-0.4, -0.2) is 24.2 Å².